The number of alkyl halides is 1. The van der Waals surface area contributed by atoms with Gasteiger partial charge in [-0.3, -0.25) is 0 Å². The second kappa shape index (κ2) is 7.05. The van der Waals surface area contributed by atoms with E-state index in [9.17, 15) is 8.78 Å². The zero-order chi connectivity index (χ0) is 17.4. The normalized spacial score (nSPS) is 32.8. The van der Waals surface area contributed by atoms with Crippen molar-refractivity contribution in [2.75, 3.05) is 18.5 Å². The van der Waals surface area contributed by atoms with E-state index in [4.69, 9.17) is 9.47 Å². The summed E-state index contributed by atoms with van der Waals surface area (Å²) >= 11 is 3.29. The lowest BCUT2D eigenvalue weighted by molar-refractivity contribution is -0.0750. The van der Waals surface area contributed by atoms with Crippen molar-refractivity contribution >= 4 is 15.9 Å². The Labute approximate surface area is 156 Å². The van der Waals surface area contributed by atoms with E-state index >= 15 is 0 Å². The van der Waals surface area contributed by atoms with Gasteiger partial charge in [-0.2, -0.15) is 8.78 Å². The molecule has 0 atom stereocenters. The van der Waals surface area contributed by atoms with E-state index in [-0.39, 0.29) is 16.9 Å². The summed E-state index contributed by atoms with van der Waals surface area (Å²) in [5.74, 6) is 0.560. The maximum Gasteiger partial charge on any atom is 0.204 e. The summed E-state index contributed by atoms with van der Waals surface area (Å²) in [7, 11) is 0. The van der Waals surface area contributed by atoms with Crippen LogP contribution in [0.3, 0.4) is 0 Å². The van der Waals surface area contributed by atoms with Crippen LogP contribution in [0, 0.1) is 34.8 Å². The minimum atomic E-state index is -0.947. The molecule has 0 heterocycles. The van der Waals surface area contributed by atoms with Crippen molar-refractivity contribution in [1.82, 2.24) is 0 Å². The Morgan fingerprint density at radius 3 is 1.96 bits per heavy atom. The first-order valence-corrected chi connectivity index (χ1v) is 10.5. The molecule has 4 fully saturated rings. The Balaban J connectivity index is 1.42. The highest BCUT2D eigenvalue weighted by Crippen LogP contribution is 2.60. The Hall–Kier alpha value is -0.840. The molecule has 0 spiro atoms. The first-order chi connectivity index (χ1) is 12.1. The third kappa shape index (κ3) is 3.54. The van der Waals surface area contributed by atoms with Crippen molar-refractivity contribution in [2.45, 2.75) is 44.9 Å². The van der Waals surface area contributed by atoms with Crippen molar-refractivity contribution in [1.29, 1.82) is 0 Å². The standard InChI is InChI=1S/C20H25BrF2O2/c21-4-1-5-24-16-2-3-17(19(23)18(16)22)25-12-20-9-13-6-14(10-20)8-15(7-13)11-20/h2-3,13-15H,1,4-12H2. The summed E-state index contributed by atoms with van der Waals surface area (Å²) in [5, 5.41) is 0.767. The SMILES string of the molecule is Fc1c(OCCCBr)ccc(OCC23CC4CC(CC(C4)C2)C3)c1F. The molecular weight excluding hydrogens is 390 g/mol. The van der Waals surface area contributed by atoms with Gasteiger partial charge in [0.15, 0.2) is 11.5 Å². The summed E-state index contributed by atoms with van der Waals surface area (Å²) in [6.07, 6.45) is 8.41. The highest BCUT2D eigenvalue weighted by molar-refractivity contribution is 9.09. The van der Waals surface area contributed by atoms with Crippen molar-refractivity contribution < 1.29 is 18.3 Å². The maximum absolute atomic E-state index is 14.3. The van der Waals surface area contributed by atoms with Crippen LogP contribution >= 0.6 is 15.9 Å². The van der Waals surface area contributed by atoms with Gasteiger partial charge in [0.2, 0.25) is 11.6 Å². The predicted molar refractivity (Wildman–Crippen MR) is 96.4 cm³/mol. The van der Waals surface area contributed by atoms with Crippen LogP contribution in [0.4, 0.5) is 8.78 Å². The molecule has 4 aliphatic rings. The van der Waals surface area contributed by atoms with E-state index < -0.39 is 11.6 Å². The molecule has 1 aromatic rings. The fourth-order valence-electron chi connectivity index (χ4n) is 5.67. The maximum atomic E-state index is 14.3. The second-order valence-corrected chi connectivity index (χ2v) is 9.08. The van der Waals surface area contributed by atoms with Crippen LogP contribution in [-0.4, -0.2) is 18.5 Å². The molecule has 0 radical (unpaired) electrons. The zero-order valence-corrected chi connectivity index (χ0v) is 16.0. The predicted octanol–water partition coefficient (Wildman–Crippen LogP) is 5.72. The van der Waals surface area contributed by atoms with Gasteiger partial charge in [0, 0.05) is 10.7 Å². The zero-order valence-electron chi connectivity index (χ0n) is 14.4. The van der Waals surface area contributed by atoms with E-state index in [1.165, 1.54) is 50.7 Å². The topological polar surface area (TPSA) is 18.5 Å². The van der Waals surface area contributed by atoms with Crippen LogP contribution in [0.2, 0.25) is 0 Å². The lowest BCUT2D eigenvalue weighted by Gasteiger charge is -2.56. The molecule has 0 aliphatic heterocycles. The molecule has 138 valence electrons. The smallest absolute Gasteiger partial charge is 0.204 e. The minimum absolute atomic E-state index is 0.0149. The van der Waals surface area contributed by atoms with Gasteiger partial charge in [0.25, 0.3) is 0 Å². The lowest BCUT2D eigenvalue weighted by atomic mass is 9.50. The number of benzene rings is 1. The van der Waals surface area contributed by atoms with E-state index in [0.29, 0.717) is 13.2 Å². The van der Waals surface area contributed by atoms with Gasteiger partial charge in [-0.1, -0.05) is 15.9 Å². The average Bonchev–Trinajstić information content (AvgIpc) is 2.57. The van der Waals surface area contributed by atoms with Crippen molar-refractivity contribution in [3.63, 3.8) is 0 Å². The Kier molecular flexibility index (Phi) is 4.96. The molecule has 0 N–H and O–H groups in total. The summed E-state index contributed by atoms with van der Waals surface area (Å²) < 4.78 is 39.6. The fourth-order valence-corrected chi connectivity index (χ4v) is 5.90. The number of halogens is 3. The van der Waals surface area contributed by atoms with Gasteiger partial charge in [0.1, 0.15) is 0 Å². The Bertz CT molecular complexity index is 599. The molecule has 0 amide bonds. The molecule has 0 unspecified atom stereocenters. The summed E-state index contributed by atoms with van der Waals surface area (Å²) in [4.78, 5) is 0. The van der Waals surface area contributed by atoms with E-state index in [1.807, 2.05) is 0 Å². The average molecular weight is 415 g/mol. The van der Waals surface area contributed by atoms with Gasteiger partial charge in [-0.05, 0) is 74.8 Å². The quantitative estimate of drug-likeness (QED) is 0.419. The largest absolute Gasteiger partial charge is 0.490 e. The van der Waals surface area contributed by atoms with Crippen molar-refractivity contribution in [2.24, 2.45) is 23.2 Å². The molecule has 0 saturated heterocycles. The van der Waals surface area contributed by atoms with Crippen LogP contribution < -0.4 is 9.47 Å². The molecule has 4 saturated carbocycles. The molecule has 5 rings (SSSR count). The van der Waals surface area contributed by atoms with Crippen LogP contribution in [-0.2, 0) is 0 Å². The fraction of sp³-hybridized carbons (Fsp3) is 0.700. The minimum Gasteiger partial charge on any atom is -0.490 e. The van der Waals surface area contributed by atoms with E-state index in [2.05, 4.69) is 15.9 Å². The van der Waals surface area contributed by atoms with Gasteiger partial charge >= 0.3 is 0 Å². The Morgan fingerprint density at radius 1 is 0.920 bits per heavy atom. The third-order valence-electron chi connectivity index (χ3n) is 6.25. The highest BCUT2D eigenvalue weighted by Gasteiger charge is 2.51. The van der Waals surface area contributed by atoms with Gasteiger partial charge in [0.05, 0.1) is 13.2 Å². The van der Waals surface area contributed by atoms with Gasteiger partial charge in [-0.25, -0.2) is 0 Å². The first kappa shape index (κ1) is 17.6. The van der Waals surface area contributed by atoms with E-state index in [0.717, 1.165) is 29.5 Å². The van der Waals surface area contributed by atoms with Gasteiger partial charge in [-0.15, -0.1) is 0 Å². The molecular formula is C20H25BrF2O2. The molecule has 5 heteroatoms. The van der Waals surface area contributed by atoms with Gasteiger partial charge < -0.3 is 9.47 Å². The van der Waals surface area contributed by atoms with Crippen LogP contribution in [0.25, 0.3) is 0 Å². The second-order valence-electron chi connectivity index (χ2n) is 8.29. The van der Waals surface area contributed by atoms with Crippen LogP contribution in [0.15, 0.2) is 12.1 Å². The van der Waals surface area contributed by atoms with Crippen LogP contribution in [0.1, 0.15) is 44.9 Å². The van der Waals surface area contributed by atoms with Crippen LogP contribution in [0.5, 0.6) is 11.5 Å². The summed E-state index contributed by atoms with van der Waals surface area (Å²) in [6.45, 7) is 0.867. The van der Waals surface area contributed by atoms with E-state index in [1.54, 1.807) is 0 Å². The number of hydrogen-bond acceptors (Lipinski definition) is 2. The molecule has 25 heavy (non-hydrogen) atoms. The number of rotatable bonds is 7. The first-order valence-electron chi connectivity index (χ1n) is 9.38. The third-order valence-corrected chi connectivity index (χ3v) is 6.81. The summed E-state index contributed by atoms with van der Waals surface area (Å²) in [6, 6.07) is 2.98. The highest BCUT2D eigenvalue weighted by atomic mass is 79.9. The monoisotopic (exact) mass is 414 g/mol. The molecule has 2 nitrogen and oxygen atoms in total. The van der Waals surface area contributed by atoms with Crippen molar-refractivity contribution in [3.8, 4) is 11.5 Å². The van der Waals surface area contributed by atoms with Crippen molar-refractivity contribution in [3.05, 3.63) is 23.8 Å². The molecule has 0 aromatic heterocycles. The number of ether oxygens (including phenoxy) is 2. The summed E-state index contributed by atoms with van der Waals surface area (Å²) in [5.41, 5.74) is 0.183. The Morgan fingerprint density at radius 2 is 1.44 bits per heavy atom. The molecule has 4 aliphatic carbocycles. The number of hydrogen-bond donors (Lipinski definition) is 0. The molecule has 1 aromatic carbocycles. The lowest BCUT2D eigenvalue weighted by Crippen LogP contribution is -2.48. The molecule has 4 bridgehead atoms.